The Hall–Kier alpha value is -2.45. The van der Waals surface area contributed by atoms with E-state index in [1.165, 1.54) is 16.2 Å². The molecule has 0 saturated carbocycles. The minimum Gasteiger partial charge on any atom is -0.483 e. The van der Waals surface area contributed by atoms with Crippen LogP contribution < -0.4 is 15.4 Å². The maximum atomic E-state index is 12.4. The smallest absolute Gasteiger partial charge is 0.341 e. The predicted octanol–water partition coefficient (Wildman–Crippen LogP) is 3.92. The van der Waals surface area contributed by atoms with E-state index in [1.807, 2.05) is 32.0 Å². The van der Waals surface area contributed by atoms with Crippen molar-refractivity contribution in [1.29, 1.82) is 0 Å². The monoisotopic (exact) mass is 432 g/mol. The normalized spacial score (nSPS) is 12.2. The van der Waals surface area contributed by atoms with E-state index in [1.54, 1.807) is 6.92 Å². The van der Waals surface area contributed by atoms with Crippen LogP contribution in [0.1, 0.15) is 45.3 Å². The molecule has 0 atom stereocenters. The van der Waals surface area contributed by atoms with Crippen molar-refractivity contribution >= 4 is 45.5 Å². The maximum absolute atomic E-state index is 12.4. The van der Waals surface area contributed by atoms with Gasteiger partial charge in [-0.15, -0.1) is 11.3 Å². The number of aryl methyl sites for hydroxylation is 3. The van der Waals surface area contributed by atoms with Gasteiger partial charge in [0.05, 0.1) is 12.2 Å². The highest BCUT2D eigenvalue weighted by Gasteiger charge is 2.28. The lowest BCUT2D eigenvalue weighted by Gasteiger charge is -2.12. The lowest BCUT2D eigenvalue weighted by atomic mass is 10.1. The summed E-state index contributed by atoms with van der Waals surface area (Å²) in [6.45, 7) is 5.81. The van der Waals surface area contributed by atoms with Crippen molar-refractivity contribution in [3.8, 4) is 5.75 Å². The van der Waals surface area contributed by atoms with Gasteiger partial charge in [-0.05, 0) is 75.0 Å². The Bertz CT molecular complexity index is 952. The molecule has 1 aromatic heterocycles. The molecule has 8 heteroatoms. The molecule has 2 aromatic rings. The molecule has 6 nitrogen and oxygen atoms in total. The fourth-order valence-electron chi connectivity index (χ4n) is 3.21. The molecule has 0 radical (unpaired) electrons. The number of thiophene rings is 1. The summed E-state index contributed by atoms with van der Waals surface area (Å²) < 4.78 is 10.8. The third-order valence-electron chi connectivity index (χ3n) is 4.58. The van der Waals surface area contributed by atoms with Crippen LogP contribution in [-0.2, 0) is 22.4 Å². The van der Waals surface area contributed by atoms with Gasteiger partial charge in [0, 0.05) is 4.88 Å². The molecular formula is C21H24N2O4S2. The van der Waals surface area contributed by atoms with Crippen LogP contribution in [-0.4, -0.2) is 30.2 Å². The molecule has 0 aliphatic heterocycles. The number of amides is 1. The Labute approximate surface area is 179 Å². The van der Waals surface area contributed by atoms with E-state index in [0.29, 0.717) is 22.9 Å². The van der Waals surface area contributed by atoms with Crippen molar-refractivity contribution in [2.24, 2.45) is 0 Å². The molecule has 0 fully saturated rings. The summed E-state index contributed by atoms with van der Waals surface area (Å²) >= 11 is 6.75. The van der Waals surface area contributed by atoms with Crippen LogP contribution in [0, 0.1) is 13.8 Å². The standard InChI is InChI=1S/C21H24N2O4S2/c1-4-26-20(25)18-14-6-5-7-16(14)29-19(18)23-21(28)22-17(24)11-27-15-10-12(2)8-9-13(15)3/h8-10H,4-7,11H2,1-3H3,(H2,22,23,24,28). The number of carbonyl (C=O) groups is 2. The number of rotatable bonds is 6. The minimum absolute atomic E-state index is 0.130. The van der Waals surface area contributed by atoms with E-state index in [4.69, 9.17) is 21.7 Å². The van der Waals surface area contributed by atoms with Crippen molar-refractivity contribution in [1.82, 2.24) is 5.32 Å². The second kappa shape index (κ2) is 9.37. The Morgan fingerprint density at radius 2 is 2.03 bits per heavy atom. The fraction of sp³-hybridized carbons (Fsp3) is 0.381. The van der Waals surface area contributed by atoms with Gasteiger partial charge < -0.3 is 14.8 Å². The predicted molar refractivity (Wildman–Crippen MR) is 118 cm³/mol. The lowest BCUT2D eigenvalue weighted by Crippen LogP contribution is -2.37. The van der Waals surface area contributed by atoms with Gasteiger partial charge >= 0.3 is 5.97 Å². The molecule has 154 valence electrons. The van der Waals surface area contributed by atoms with Crippen molar-refractivity contribution in [3.05, 3.63) is 45.3 Å². The van der Waals surface area contributed by atoms with E-state index in [9.17, 15) is 9.59 Å². The fourth-order valence-corrected chi connectivity index (χ4v) is 4.78. The topological polar surface area (TPSA) is 76.7 Å². The number of carbonyl (C=O) groups excluding carboxylic acids is 2. The van der Waals surface area contributed by atoms with Gasteiger partial charge in [-0.2, -0.15) is 0 Å². The highest BCUT2D eigenvalue weighted by atomic mass is 32.1. The molecule has 0 spiro atoms. The zero-order valence-electron chi connectivity index (χ0n) is 16.7. The number of fused-ring (bicyclic) bond motifs is 1. The SMILES string of the molecule is CCOC(=O)c1c(NC(=S)NC(=O)COc2cc(C)ccc2C)sc2c1CCC2. The molecule has 1 aliphatic rings. The molecule has 0 bridgehead atoms. The van der Waals surface area contributed by atoms with Crippen LogP contribution in [0.3, 0.4) is 0 Å². The largest absolute Gasteiger partial charge is 0.483 e. The summed E-state index contributed by atoms with van der Waals surface area (Å²) in [4.78, 5) is 25.8. The number of benzene rings is 1. The second-order valence-corrected chi connectivity index (χ2v) is 8.36. The number of anilines is 1. The molecule has 1 heterocycles. The minimum atomic E-state index is -0.370. The first-order valence-electron chi connectivity index (χ1n) is 9.51. The Morgan fingerprint density at radius 3 is 2.79 bits per heavy atom. The summed E-state index contributed by atoms with van der Waals surface area (Å²) in [6, 6.07) is 5.82. The molecule has 3 rings (SSSR count). The molecule has 29 heavy (non-hydrogen) atoms. The highest BCUT2D eigenvalue weighted by molar-refractivity contribution is 7.80. The quantitative estimate of drug-likeness (QED) is 0.532. The summed E-state index contributed by atoms with van der Waals surface area (Å²) in [5, 5.41) is 6.35. The highest BCUT2D eigenvalue weighted by Crippen LogP contribution is 2.39. The first-order valence-corrected chi connectivity index (χ1v) is 10.7. The maximum Gasteiger partial charge on any atom is 0.341 e. The van der Waals surface area contributed by atoms with Gasteiger partial charge in [-0.1, -0.05) is 12.1 Å². The van der Waals surface area contributed by atoms with Crippen LogP contribution >= 0.6 is 23.6 Å². The Balaban J connectivity index is 1.61. The number of hydrogen-bond acceptors (Lipinski definition) is 6. The number of ether oxygens (including phenoxy) is 2. The molecule has 1 amide bonds. The summed E-state index contributed by atoms with van der Waals surface area (Å²) in [5.41, 5.74) is 3.58. The number of nitrogens with one attached hydrogen (secondary N) is 2. The average Bonchev–Trinajstić information content (AvgIpc) is 3.23. The molecule has 1 aliphatic carbocycles. The second-order valence-electron chi connectivity index (χ2n) is 6.84. The van der Waals surface area contributed by atoms with Crippen LogP contribution in [0.15, 0.2) is 18.2 Å². The molecule has 2 N–H and O–H groups in total. The number of esters is 1. The third kappa shape index (κ3) is 5.13. The third-order valence-corrected chi connectivity index (χ3v) is 5.99. The van der Waals surface area contributed by atoms with Crippen LogP contribution in [0.5, 0.6) is 5.75 Å². The van der Waals surface area contributed by atoms with Gasteiger partial charge in [0.25, 0.3) is 5.91 Å². The van der Waals surface area contributed by atoms with Crippen LogP contribution in [0.4, 0.5) is 5.00 Å². The van der Waals surface area contributed by atoms with Gasteiger partial charge in [0.1, 0.15) is 10.8 Å². The summed E-state index contributed by atoms with van der Waals surface area (Å²) in [7, 11) is 0. The Morgan fingerprint density at radius 1 is 1.24 bits per heavy atom. The number of hydrogen-bond donors (Lipinski definition) is 2. The van der Waals surface area contributed by atoms with Crippen molar-refractivity contribution in [2.45, 2.75) is 40.0 Å². The van der Waals surface area contributed by atoms with Crippen molar-refractivity contribution in [2.75, 3.05) is 18.5 Å². The van der Waals surface area contributed by atoms with E-state index in [-0.39, 0.29) is 23.6 Å². The first kappa shape index (κ1) is 21.3. The van der Waals surface area contributed by atoms with Crippen LogP contribution in [0.25, 0.3) is 0 Å². The molecule has 0 unspecified atom stereocenters. The first-order chi connectivity index (χ1) is 13.9. The van der Waals surface area contributed by atoms with Gasteiger partial charge in [0.2, 0.25) is 0 Å². The van der Waals surface area contributed by atoms with E-state index in [2.05, 4.69) is 10.6 Å². The molecule has 0 saturated heterocycles. The summed E-state index contributed by atoms with van der Waals surface area (Å²) in [6.07, 6.45) is 2.83. The van der Waals surface area contributed by atoms with E-state index < -0.39 is 0 Å². The average molecular weight is 433 g/mol. The zero-order chi connectivity index (χ0) is 21.0. The van der Waals surface area contributed by atoms with Crippen LogP contribution in [0.2, 0.25) is 0 Å². The van der Waals surface area contributed by atoms with E-state index >= 15 is 0 Å². The van der Waals surface area contributed by atoms with Gasteiger partial charge in [0.15, 0.2) is 11.7 Å². The van der Waals surface area contributed by atoms with Gasteiger partial charge in [-0.3, -0.25) is 10.1 Å². The Kier molecular flexibility index (Phi) is 6.87. The lowest BCUT2D eigenvalue weighted by molar-refractivity contribution is -0.121. The summed E-state index contributed by atoms with van der Waals surface area (Å²) in [5.74, 6) is -0.0646. The van der Waals surface area contributed by atoms with Gasteiger partial charge in [-0.25, -0.2) is 4.79 Å². The molecule has 1 aromatic carbocycles. The van der Waals surface area contributed by atoms with E-state index in [0.717, 1.165) is 36.0 Å². The van der Waals surface area contributed by atoms with Crippen molar-refractivity contribution in [3.63, 3.8) is 0 Å². The number of thiocarbonyl (C=S) groups is 1. The zero-order valence-corrected chi connectivity index (χ0v) is 18.4. The van der Waals surface area contributed by atoms with Crippen molar-refractivity contribution < 1.29 is 19.1 Å². The molecular weight excluding hydrogens is 408 g/mol.